The number of nitro groups is 1. The Morgan fingerprint density at radius 1 is 1.47 bits per heavy atom. The molecule has 17 heavy (non-hydrogen) atoms. The standard InChI is InChI=1S/C10H12FN3O3/c1-6(2)12-10(15)13-9-7(11)4-3-5-8(9)14(16)17/h3-6H,1-2H3,(H2,12,13,15). The molecule has 0 fully saturated rings. The molecule has 0 unspecified atom stereocenters. The van der Waals surface area contributed by atoms with Crippen molar-refractivity contribution in [3.8, 4) is 0 Å². The lowest BCUT2D eigenvalue weighted by molar-refractivity contribution is -0.384. The van der Waals surface area contributed by atoms with Crippen LogP contribution in [-0.4, -0.2) is 17.0 Å². The van der Waals surface area contributed by atoms with Crippen LogP contribution in [0.5, 0.6) is 0 Å². The van der Waals surface area contributed by atoms with Crippen LogP contribution >= 0.6 is 0 Å². The van der Waals surface area contributed by atoms with Gasteiger partial charge in [0.1, 0.15) is 0 Å². The van der Waals surface area contributed by atoms with Gasteiger partial charge in [-0.2, -0.15) is 0 Å². The molecule has 2 N–H and O–H groups in total. The van der Waals surface area contributed by atoms with Gasteiger partial charge >= 0.3 is 6.03 Å². The van der Waals surface area contributed by atoms with Gasteiger partial charge in [0.2, 0.25) is 0 Å². The molecular formula is C10H12FN3O3. The monoisotopic (exact) mass is 241 g/mol. The van der Waals surface area contributed by atoms with Crippen LogP contribution in [0.25, 0.3) is 0 Å². The summed E-state index contributed by atoms with van der Waals surface area (Å²) in [6, 6.07) is 2.53. The first-order valence-corrected chi connectivity index (χ1v) is 4.92. The van der Waals surface area contributed by atoms with E-state index in [1.54, 1.807) is 13.8 Å². The number of carbonyl (C=O) groups excluding carboxylic acids is 1. The summed E-state index contributed by atoms with van der Waals surface area (Å²) in [7, 11) is 0. The SMILES string of the molecule is CC(C)NC(=O)Nc1c(F)cccc1[N+](=O)[O-]. The van der Waals surface area contributed by atoms with Crippen molar-refractivity contribution in [3.63, 3.8) is 0 Å². The fraction of sp³-hybridized carbons (Fsp3) is 0.300. The molecule has 0 spiro atoms. The summed E-state index contributed by atoms with van der Waals surface area (Å²) in [5, 5.41) is 15.2. The molecule has 0 aliphatic carbocycles. The number of halogens is 1. The van der Waals surface area contributed by atoms with Crippen LogP contribution in [-0.2, 0) is 0 Å². The lowest BCUT2D eigenvalue weighted by Gasteiger charge is -2.10. The van der Waals surface area contributed by atoms with Crippen molar-refractivity contribution in [2.75, 3.05) is 5.32 Å². The second-order valence-electron chi connectivity index (χ2n) is 3.64. The highest BCUT2D eigenvalue weighted by Crippen LogP contribution is 2.26. The number of nitrogens with zero attached hydrogens (tertiary/aromatic N) is 1. The minimum Gasteiger partial charge on any atom is -0.336 e. The molecule has 0 aromatic heterocycles. The normalized spacial score (nSPS) is 10.1. The topological polar surface area (TPSA) is 84.3 Å². The van der Waals surface area contributed by atoms with Crippen molar-refractivity contribution in [3.05, 3.63) is 34.1 Å². The Morgan fingerprint density at radius 3 is 2.65 bits per heavy atom. The van der Waals surface area contributed by atoms with Gasteiger partial charge in [-0.3, -0.25) is 15.4 Å². The third-order valence-electron chi connectivity index (χ3n) is 1.85. The number of hydrogen-bond acceptors (Lipinski definition) is 3. The first-order valence-electron chi connectivity index (χ1n) is 4.92. The molecule has 0 bridgehead atoms. The quantitative estimate of drug-likeness (QED) is 0.628. The maximum Gasteiger partial charge on any atom is 0.319 e. The number of carbonyl (C=O) groups is 1. The zero-order valence-corrected chi connectivity index (χ0v) is 9.36. The molecule has 1 aromatic carbocycles. The van der Waals surface area contributed by atoms with Crippen LogP contribution in [0.1, 0.15) is 13.8 Å². The molecular weight excluding hydrogens is 229 g/mol. The Balaban J connectivity index is 2.97. The zero-order valence-electron chi connectivity index (χ0n) is 9.36. The Labute approximate surface area is 97.0 Å². The van der Waals surface area contributed by atoms with E-state index in [0.29, 0.717) is 0 Å². The minimum absolute atomic E-state index is 0.152. The summed E-state index contributed by atoms with van der Waals surface area (Å²) in [5.41, 5.74) is -0.917. The Morgan fingerprint density at radius 2 is 2.12 bits per heavy atom. The van der Waals surface area contributed by atoms with E-state index in [9.17, 15) is 19.3 Å². The fourth-order valence-corrected chi connectivity index (χ4v) is 1.20. The average molecular weight is 241 g/mol. The molecule has 0 radical (unpaired) electrons. The van der Waals surface area contributed by atoms with Crippen molar-refractivity contribution in [2.24, 2.45) is 0 Å². The van der Waals surface area contributed by atoms with E-state index in [1.165, 1.54) is 6.07 Å². The number of para-hydroxylation sites is 1. The van der Waals surface area contributed by atoms with E-state index in [1.807, 2.05) is 0 Å². The summed E-state index contributed by atoms with van der Waals surface area (Å²) in [4.78, 5) is 21.2. The highest BCUT2D eigenvalue weighted by Gasteiger charge is 2.19. The van der Waals surface area contributed by atoms with E-state index < -0.39 is 28.1 Å². The van der Waals surface area contributed by atoms with Crippen LogP contribution in [0.2, 0.25) is 0 Å². The van der Waals surface area contributed by atoms with Gasteiger partial charge in [0, 0.05) is 12.1 Å². The number of nitro benzene ring substituents is 1. The summed E-state index contributed by atoms with van der Waals surface area (Å²) in [5.74, 6) is -0.849. The molecule has 1 rings (SSSR count). The molecule has 2 amide bonds. The fourth-order valence-electron chi connectivity index (χ4n) is 1.20. The number of rotatable bonds is 3. The molecule has 0 aliphatic heterocycles. The largest absolute Gasteiger partial charge is 0.336 e. The van der Waals surface area contributed by atoms with E-state index in [2.05, 4.69) is 10.6 Å². The second kappa shape index (κ2) is 5.24. The van der Waals surface area contributed by atoms with Gasteiger partial charge in [-0.15, -0.1) is 0 Å². The third kappa shape index (κ3) is 3.40. The predicted molar refractivity (Wildman–Crippen MR) is 60.3 cm³/mol. The predicted octanol–water partition coefficient (Wildman–Crippen LogP) is 2.26. The Hall–Kier alpha value is -2.18. The summed E-state index contributed by atoms with van der Waals surface area (Å²) < 4.78 is 13.4. The summed E-state index contributed by atoms with van der Waals surface area (Å²) in [6.45, 7) is 3.44. The van der Waals surface area contributed by atoms with Crippen molar-refractivity contribution >= 4 is 17.4 Å². The van der Waals surface area contributed by atoms with E-state index in [0.717, 1.165) is 12.1 Å². The third-order valence-corrected chi connectivity index (χ3v) is 1.85. The van der Waals surface area contributed by atoms with E-state index in [-0.39, 0.29) is 6.04 Å². The lowest BCUT2D eigenvalue weighted by atomic mass is 10.2. The van der Waals surface area contributed by atoms with E-state index in [4.69, 9.17) is 0 Å². The Bertz CT molecular complexity index is 448. The number of nitrogens with one attached hydrogen (secondary N) is 2. The molecule has 0 heterocycles. The molecule has 0 saturated carbocycles. The average Bonchev–Trinajstić information content (AvgIpc) is 2.19. The Kier molecular flexibility index (Phi) is 3.97. The minimum atomic E-state index is -0.849. The van der Waals surface area contributed by atoms with Gasteiger partial charge in [0.05, 0.1) is 4.92 Å². The molecule has 6 nitrogen and oxygen atoms in total. The maximum atomic E-state index is 13.4. The number of anilines is 1. The van der Waals surface area contributed by atoms with Gasteiger partial charge in [0.25, 0.3) is 5.69 Å². The van der Waals surface area contributed by atoms with Gasteiger partial charge in [0.15, 0.2) is 11.5 Å². The molecule has 0 saturated heterocycles. The van der Waals surface area contributed by atoms with Crippen LogP contribution in [0.3, 0.4) is 0 Å². The van der Waals surface area contributed by atoms with Crippen molar-refractivity contribution in [2.45, 2.75) is 19.9 Å². The molecule has 1 aromatic rings. The van der Waals surface area contributed by atoms with Crippen molar-refractivity contribution < 1.29 is 14.1 Å². The number of hydrogen-bond donors (Lipinski definition) is 2. The van der Waals surface area contributed by atoms with Crippen LogP contribution in [0.4, 0.5) is 20.6 Å². The van der Waals surface area contributed by atoms with Gasteiger partial charge < -0.3 is 5.32 Å². The highest BCUT2D eigenvalue weighted by atomic mass is 19.1. The molecule has 0 atom stereocenters. The van der Waals surface area contributed by atoms with Gasteiger partial charge in [-0.1, -0.05) is 6.07 Å². The second-order valence-corrected chi connectivity index (χ2v) is 3.64. The van der Waals surface area contributed by atoms with Crippen LogP contribution in [0.15, 0.2) is 18.2 Å². The van der Waals surface area contributed by atoms with Gasteiger partial charge in [-0.05, 0) is 19.9 Å². The number of benzene rings is 1. The zero-order chi connectivity index (χ0) is 13.0. The lowest BCUT2D eigenvalue weighted by Crippen LogP contribution is -2.34. The first kappa shape index (κ1) is 12.9. The van der Waals surface area contributed by atoms with Crippen molar-refractivity contribution in [1.82, 2.24) is 5.32 Å². The molecule has 0 aliphatic rings. The molecule has 7 heteroatoms. The summed E-state index contributed by atoms with van der Waals surface area (Å²) in [6.07, 6.45) is 0. The van der Waals surface area contributed by atoms with E-state index >= 15 is 0 Å². The summed E-state index contributed by atoms with van der Waals surface area (Å²) >= 11 is 0. The number of amides is 2. The molecule has 92 valence electrons. The van der Waals surface area contributed by atoms with Crippen LogP contribution < -0.4 is 10.6 Å². The van der Waals surface area contributed by atoms with Crippen LogP contribution in [0, 0.1) is 15.9 Å². The number of urea groups is 1. The highest BCUT2D eigenvalue weighted by molar-refractivity contribution is 5.92. The van der Waals surface area contributed by atoms with Gasteiger partial charge in [-0.25, -0.2) is 9.18 Å². The smallest absolute Gasteiger partial charge is 0.319 e. The maximum absolute atomic E-state index is 13.4. The van der Waals surface area contributed by atoms with Crippen molar-refractivity contribution in [1.29, 1.82) is 0 Å². The first-order chi connectivity index (χ1) is 7.91.